The number of nitrogens with zero attached hydrogens (tertiary/aromatic N) is 4. The first kappa shape index (κ1) is 18.7. The van der Waals surface area contributed by atoms with Gasteiger partial charge in [-0.05, 0) is 42.7 Å². The Balaban J connectivity index is 1.40. The first-order chi connectivity index (χ1) is 13.6. The molecule has 0 radical (unpaired) electrons. The molecule has 0 N–H and O–H groups in total. The zero-order valence-corrected chi connectivity index (χ0v) is 16.4. The van der Waals surface area contributed by atoms with Crippen LogP contribution < -0.4 is 0 Å². The molecular formula is C21H21FN4OS. The van der Waals surface area contributed by atoms with Gasteiger partial charge >= 0.3 is 0 Å². The average Bonchev–Trinajstić information content (AvgIpc) is 3.48. The molecule has 0 aliphatic heterocycles. The van der Waals surface area contributed by atoms with Crippen molar-refractivity contribution >= 4 is 17.7 Å². The lowest BCUT2D eigenvalue weighted by atomic mass is 10.2. The summed E-state index contributed by atoms with van der Waals surface area (Å²) in [4.78, 5) is 18.8. The highest BCUT2D eigenvalue weighted by Crippen LogP contribution is 2.40. The number of para-hydroxylation sites is 1. The number of hydrogen-bond donors (Lipinski definition) is 0. The van der Waals surface area contributed by atoms with E-state index in [1.165, 1.54) is 23.9 Å². The SMILES string of the molecule is CN(Cc1ccc(F)cc1)C(=O)CSc1nc(C2CC2)n(-c2ccccc2)n1. The summed E-state index contributed by atoms with van der Waals surface area (Å²) in [5, 5.41) is 5.24. The molecular weight excluding hydrogens is 375 g/mol. The van der Waals surface area contributed by atoms with E-state index in [4.69, 9.17) is 0 Å². The number of halogens is 1. The van der Waals surface area contributed by atoms with E-state index in [0.29, 0.717) is 17.6 Å². The third-order valence-corrected chi connectivity index (χ3v) is 5.46. The Hall–Kier alpha value is -2.67. The summed E-state index contributed by atoms with van der Waals surface area (Å²) in [6, 6.07) is 16.1. The molecule has 28 heavy (non-hydrogen) atoms. The van der Waals surface area contributed by atoms with E-state index in [-0.39, 0.29) is 17.5 Å². The van der Waals surface area contributed by atoms with Crippen LogP contribution in [0.2, 0.25) is 0 Å². The van der Waals surface area contributed by atoms with Crippen LogP contribution in [0, 0.1) is 5.82 Å². The summed E-state index contributed by atoms with van der Waals surface area (Å²) in [5.74, 6) is 1.40. The average molecular weight is 396 g/mol. The number of rotatable bonds is 7. The van der Waals surface area contributed by atoms with Gasteiger partial charge in [-0.25, -0.2) is 14.1 Å². The monoisotopic (exact) mass is 396 g/mol. The van der Waals surface area contributed by atoms with Gasteiger partial charge in [0, 0.05) is 19.5 Å². The van der Waals surface area contributed by atoms with Crippen LogP contribution in [0.1, 0.15) is 30.1 Å². The molecule has 0 unspecified atom stereocenters. The lowest BCUT2D eigenvalue weighted by molar-refractivity contribution is -0.127. The van der Waals surface area contributed by atoms with Crippen LogP contribution in [-0.2, 0) is 11.3 Å². The highest BCUT2D eigenvalue weighted by molar-refractivity contribution is 7.99. The standard InChI is InChI=1S/C21H21FN4OS/c1-25(13-15-7-11-17(22)12-8-15)19(27)14-28-21-23-20(16-9-10-16)26(24-21)18-5-3-2-4-6-18/h2-8,11-12,16H,9-10,13-14H2,1H3. The number of carbonyl (C=O) groups excluding carboxylic acids is 1. The third-order valence-electron chi connectivity index (χ3n) is 4.64. The van der Waals surface area contributed by atoms with Crippen molar-refractivity contribution in [1.82, 2.24) is 19.7 Å². The van der Waals surface area contributed by atoms with Crippen LogP contribution in [0.4, 0.5) is 4.39 Å². The highest BCUT2D eigenvalue weighted by atomic mass is 32.2. The second-order valence-electron chi connectivity index (χ2n) is 6.94. The van der Waals surface area contributed by atoms with Crippen molar-refractivity contribution < 1.29 is 9.18 Å². The van der Waals surface area contributed by atoms with E-state index in [9.17, 15) is 9.18 Å². The molecule has 3 aromatic rings. The van der Waals surface area contributed by atoms with Crippen LogP contribution in [0.15, 0.2) is 59.8 Å². The minimum Gasteiger partial charge on any atom is -0.341 e. The number of amides is 1. The van der Waals surface area contributed by atoms with E-state index in [1.807, 2.05) is 35.0 Å². The van der Waals surface area contributed by atoms with Gasteiger partial charge in [-0.3, -0.25) is 4.79 Å². The molecule has 1 heterocycles. The fraction of sp³-hybridized carbons (Fsp3) is 0.286. The maximum atomic E-state index is 13.0. The number of aromatic nitrogens is 3. The van der Waals surface area contributed by atoms with Crippen LogP contribution in [0.5, 0.6) is 0 Å². The predicted octanol–water partition coefficient (Wildman–Crippen LogP) is 4.03. The molecule has 0 saturated heterocycles. The van der Waals surface area contributed by atoms with Gasteiger partial charge < -0.3 is 4.90 Å². The molecule has 1 amide bonds. The molecule has 144 valence electrons. The maximum Gasteiger partial charge on any atom is 0.233 e. The molecule has 0 bridgehead atoms. The molecule has 1 aliphatic carbocycles. The van der Waals surface area contributed by atoms with Crippen LogP contribution >= 0.6 is 11.8 Å². The van der Waals surface area contributed by atoms with Crippen molar-refractivity contribution in [1.29, 1.82) is 0 Å². The normalized spacial score (nSPS) is 13.5. The first-order valence-electron chi connectivity index (χ1n) is 9.24. The van der Waals surface area contributed by atoms with E-state index >= 15 is 0 Å². The van der Waals surface area contributed by atoms with Crippen LogP contribution in [0.25, 0.3) is 5.69 Å². The summed E-state index contributed by atoms with van der Waals surface area (Å²) in [7, 11) is 1.75. The Kier molecular flexibility index (Phi) is 5.43. The number of thioether (sulfide) groups is 1. The quantitative estimate of drug-likeness (QED) is 0.566. The van der Waals surface area contributed by atoms with Gasteiger partial charge in [0.1, 0.15) is 11.6 Å². The van der Waals surface area contributed by atoms with Gasteiger partial charge in [0.25, 0.3) is 0 Å². The van der Waals surface area contributed by atoms with Crippen LogP contribution in [-0.4, -0.2) is 38.4 Å². The molecule has 0 spiro atoms. The number of benzene rings is 2. The minimum absolute atomic E-state index is 0.0154. The molecule has 2 aromatic carbocycles. The lowest BCUT2D eigenvalue weighted by Crippen LogP contribution is -2.27. The third kappa shape index (κ3) is 4.42. The number of carbonyl (C=O) groups is 1. The Morgan fingerprint density at radius 3 is 2.57 bits per heavy atom. The van der Waals surface area contributed by atoms with Crippen molar-refractivity contribution in [2.45, 2.75) is 30.5 Å². The summed E-state index contributed by atoms with van der Waals surface area (Å²) in [5.41, 5.74) is 1.88. The van der Waals surface area contributed by atoms with Gasteiger partial charge in [-0.15, -0.1) is 5.10 Å². The predicted molar refractivity (Wildman–Crippen MR) is 107 cm³/mol. The zero-order chi connectivity index (χ0) is 19.5. The van der Waals surface area contributed by atoms with Crippen molar-refractivity contribution in [2.75, 3.05) is 12.8 Å². The Labute approximate surface area is 167 Å². The molecule has 1 saturated carbocycles. The van der Waals surface area contributed by atoms with E-state index in [0.717, 1.165) is 29.9 Å². The Morgan fingerprint density at radius 2 is 1.89 bits per heavy atom. The van der Waals surface area contributed by atoms with E-state index < -0.39 is 0 Å². The highest BCUT2D eigenvalue weighted by Gasteiger charge is 2.30. The van der Waals surface area contributed by atoms with Crippen LogP contribution in [0.3, 0.4) is 0 Å². The molecule has 7 heteroatoms. The Morgan fingerprint density at radius 1 is 1.18 bits per heavy atom. The summed E-state index contributed by atoms with van der Waals surface area (Å²) in [6.07, 6.45) is 2.27. The van der Waals surface area contributed by atoms with Crippen molar-refractivity contribution in [3.05, 3.63) is 71.8 Å². The van der Waals surface area contributed by atoms with Crippen molar-refractivity contribution in [3.8, 4) is 5.69 Å². The zero-order valence-electron chi connectivity index (χ0n) is 15.6. The number of hydrogen-bond acceptors (Lipinski definition) is 4. The second kappa shape index (κ2) is 8.14. The fourth-order valence-corrected chi connectivity index (χ4v) is 3.69. The van der Waals surface area contributed by atoms with Crippen molar-refractivity contribution in [3.63, 3.8) is 0 Å². The van der Waals surface area contributed by atoms with Gasteiger partial charge in [0.15, 0.2) is 0 Å². The Bertz CT molecular complexity index is 954. The summed E-state index contributed by atoms with van der Waals surface area (Å²) >= 11 is 1.35. The maximum absolute atomic E-state index is 13.0. The first-order valence-corrected chi connectivity index (χ1v) is 10.2. The topological polar surface area (TPSA) is 51.0 Å². The van der Waals surface area contributed by atoms with E-state index in [2.05, 4.69) is 10.1 Å². The van der Waals surface area contributed by atoms with Crippen molar-refractivity contribution in [2.24, 2.45) is 0 Å². The lowest BCUT2D eigenvalue weighted by Gasteiger charge is -2.16. The summed E-state index contributed by atoms with van der Waals surface area (Å²) < 4.78 is 14.9. The minimum atomic E-state index is -0.278. The molecule has 1 aromatic heterocycles. The largest absolute Gasteiger partial charge is 0.341 e. The van der Waals surface area contributed by atoms with Gasteiger partial charge in [0.2, 0.25) is 11.1 Å². The molecule has 1 aliphatic rings. The molecule has 5 nitrogen and oxygen atoms in total. The van der Waals surface area contributed by atoms with Gasteiger partial charge in [-0.2, -0.15) is 0 Å². The second-order valence-corrected chi connectivity index (χ2v) is 7.88. The van der Waals surface area contributed by atoms with Gasteiger partial charge in [-0.1, -0.05) is 42.1 Å². The molecule has 4 rings (SSSR count). The van der Waals surface area contributed by atoms with E-state index in [1.54, 1.807) is 24.1 Å². The molecule has 1 fully saturated rings. The smallest absolute Gasteiger partial charge is 0.233 e. The fourth-order valence-electron chi connectivity index (χ4n) is 2.92. The van der Waals surface area contributed by atoms with Gasteiger partial charge in [0.05, 0.1) is 11.4 Å². The molecule has 0 atom stereocenters. The summed E-state index contributed by atoms with van der Waals surface area (Å²) in [6.45, 7) is 0.443.